The summed E-state index contributed by atoms with van der Waals surface area (Å²) in [6, 6.07) is 11.7. The topological polar surface area (TPSA) is 42.0 Å². The van der Waals surface area contributed by atoms with Gasteiger partial charge >= 0.3 is 0 Å². The molecule has 3 nitrogen and oxygen atoms in total. The molecule has 3 rings (SSSR count). The normalized spacial score (nSPS) is 17.9. The quantitative estimate of drug-likeness (QED) is 0.677. The first-order chi connectivity index (χ1) is 10.1. The van der Waals surface area contributed by atoms with E-state index in [4.69, 9.17) is 0 Å². The second-order valence-electron chi connectivity index (χ2n) is 6.00. The molecule has 1 aromatic carbocycles. The van der Waals surface area contributed by atoms with E-state index in [9.17, 15) is 4.79 Å². The van der Waals surface area contributed by atoms with Crippen LogP contribution in [-0.4, -0.2) is 16.3 Å². The molecule has 0 unspecified atom stereocenters. The summed E-state index contributed by atoms with van der Waals surface area (Å²) < 4.78 is 0. The van der Waals surface area contributed by atoms with E-state index in [-0.39, 0.29) is 11.3 Å². The van der Waals surface area contributed by atoms with E-state index < -0.39 is 0 Å². The predicted molar refractivity (Wildman–Crippen MR) is 83.9 cm³/mol. The van der Waals surface area contributed by atoms with Crippen LogP contribution in [0.15, 0.2) is 54.9 Å². The molecule has 1 N–H and O–H groups in total. The average molecular weight is 278 g/mol. The fourth-order valence-electron chi connectivity index (χ4n) is 2.73. The number of fused-ring (bicyclic) bond motifs is 1. The van der Waals surface area contributed by atoms with E-state index in [1.54, 1.807) is 30.6 Å². The van der Waals surface area contributed by atoms with Gasteiger partial charge in [0.15, 0.2) is 5.78 Å². The van der Waals surface area contributed by atoms with E-state index in [1.165, 1.54) is 5.56 Å². The molecule has 2 heterocycles. The highest BCUT2D eigenvalue weighted by Gasteiger charge is 2.27. The van der Waals surface area contributed by atoms with Gasteiger partial charge in [-0.1, -0.05) is 24.3 Å². The third kappa shape index (κ3) is 2.87. The first kappa shape index (κ1) is 13.6. The molecule has 0 amide bonds. The molecular formula is C18H18N2O. The molecule has 0 atom stereocenters. The number of pyridine rings is 1. The molecule has 1 aliphatic heterocycles. The van der Waals surface area contributed by atoms with Gasteiger partial charge in [-0.15, -0.1) is 0 Å². The van der Waals surface area contributed by atoms with Crippen molar-refractivity contribution in [1.82, 2.24) is 10.3 Å². The van der Waals surface area contributed by atoms with Crippen LogP contribution in [0.2, 0.25) is 0 Å². The molecule has 1 aromatic heterocycles. The number of nitrogens with zero attached hydrogens (tertiary/aromatic N) is 1. The molecule has 1 aliphatic rings. The van der Waals surface area contributed by atoms with Crippen LogP contribution >= 0.6 is 0 Å². The number of hydrogen-bond donors (Lipinski definition) is 1. The standard InChI is InChI=1S/C18H18N2O/c1-18(2)12-14-5-3-4-6-15(14)16(20-18)11-17(21)13-7-9-19-10-8-13/h3-11,20H,12H2,1-2H3. The van der Waals surface area contributed by atoms with Gasteiger partial charge in [0.1, 0.15) is 0 Å². The molecule has 0 radical (unpaired) electrons. The van der Waals surface area contributed by atoms with E-state index in [1.807, 2.05) is 12.1 Å². The van der Waals surface area contributed by atoms with Gasteiger partial charge in [0.25, 0.3) is 0 Å². The maximum Gasteiger partial charge on any atom is 0.188 e. The minimum absolute atomic E-state index is 0.00703. The first-order valence-corrected chi connectivity index (χ1v) is 7.08. The number of carbonyl (C=O) groups excluding carboxylic acids is 1. The van der Waals surface area contributed by atoms with Crippen molar-refractivity contribution >= 4 is 11.5 Å². The largest absolute Gasteiger partial charge is 0.379 e. The Bertz CT molecular complexity index is 702. The van der Waals surface area contributed by atoms with Crippen LogP contribution in [0, 0.1) is 0 Å². The molecule has 2 aromatic rings. The van der Waals surface area contributed by atoms with Gasteiger partial charge in [0, 0.05) is 40.8 Å². The number of allylic oxidation sites excluding steroid dienone is 1. The summed E-state index contributed by atoms with van der Waals surface area (Å²) in [5.41, 5.74) is 3.87. The smallest absolute Gasteiger partial charge is 0.188 e. The lowest BCUT2D eigenvalue weighted by atomic mass is 9.85. The van der Waals surface area contributed by atoms with Crippen LogP contribution < -0.4 is 5.32 Å². The number of carbonyl (C=O) groups is 1. The van der Waals surface area contributed by atoms with Crippen molar-refractivity contribution in [1.29, 1.82) is 0 Å². The van der Waals surface area contributed by atoms with Crippen molar-refractivity contribution in [3.8, 4) is 0 Å². The molecular weight excluding hydrogens is 260 g/mol. The Hall–Kier alpha value is -2.42. The zero-order chi connectivity index (χ0) is 14.9. The number of aromatic nitrogens is 1. The van der Waals surface area contributed by atoms with Gasteiger partial charge in [-0.3, -0.25) is 9.78 Å². The highest BCUT2D eigenvalue weighted by molar-refractivity contribution is 6.08. The Morgan fingerprint density at radius 1 is 1.19 bits per heavy atom. The predicted octanol–water partition coefficient (Wildman–Crippen LogP) is 3.23. The zero-order valence-electron chi connectivity index (χ0n) is 12.3. The van der Waals surface area contributed by atoms with E-state index in [2.05, 4.69) is 36.3 Å². The van der Waals surface area contributed by atoms with Crippen LogP contribution in [0.25, 0.3) is 5.70 Å². The van der Waals surface area contributed by atoms with E-state index in [0.717, 1.165) is 17.7 Å². The fraction of sp³-hybridized carbons (Fsp3) is 0.222. The van der Waals surface area contributed by atoms with Crippen LogP contribution in [0.4, 0.5) is 0 Å². The summed E-state index contributed by atoms with van der Waals surface area (Å²) in [6.07, 6.45) is 5.91. The molecule has 0 spiro atoms. The summed E-state index contributed by atoms with van der Waals surface area (Å²) in [6.45, 7) is 4.29. The minimum Gasteiger partial charge on any atom is -0.379 e. The molecule has 3 heteroatoms. The number of ketones is 1. The molecule has 0 bridgehead atoms. The van der Waals surface area contributed by atoms with Crippen LogP contribution in [0.1, 0.15) is 35.3 Å². The van der Waals surface area contributed by atoms with Crippen LogP contribution in [0.5, 0.6) is 0 Å². The molecule has 106 valence electrons. The maximum atomic E-state index is 12.4. The van der Waals surface area contributed by atoms with Crippen molar-refractivity contribution in [2.75, 3.05) is 0 Å². The Morgan fingerprint density at radius 3 is 2.67 bits per heavy atom. The van der Waals surface area contributed by atoms with Crippen molar-refractivity contribution in [2.45, 2.75) is 25.8 Å². The van der Waals surface area contributed by atoms with Crippen molar-refractivity contribution in [3.05, 3.63) is 71.6 Å². The summed E-state index contributed by atoms with van der Waals surface area (Å²) in [5.74, 6) is -0.00703. The average Bonchev–Trinajstić information content (AvgIpc) is 2.47. The lowest BCUT2D eigenvalue weighted by Crippen LogP contribution is -2.43. The Kier molecular flexibility index (Phi) is 3.34. The fourth-order valence-corrected chi connectivity index (χ4v) is 2.73. The SMILES string of the molecule is CC1(C)Cc2ccccc2C(=CC(=O)c2ccncc2)N1. The minimum atomic E-state index is -0.0568. The molecule has 0 aliphatic carbocycles. The Labute approximate surface area is 124 Å². The third-order valence-corrected chi connectivity index (χ3v) is 3.65. The van der Waals surface area contributed by atoms with E-state index in [0.29, 0.717) is 5.56 Å². The summed E-state index contributed by atoms with van der Waals surface area (Å²) in [5, 5.41) is 3.47. The van der Waals surface area contributed by atoms with Gasteiger partial charge in [0.05, 0.1) is 0 Å². The van der Waals surface area contributed by atoms with Gasteiger partial charge in [-0.2, -0.15) is 0 Å². The van der Waals surface area contributed by atoms with Gasteiger partial charge in [0.2, 0.25) is 0 Å². The highest BCUT2D eigenvalue weighted by atomic mass is 16.1. The lowest BCUT2D eigenvalue weighted by Gasteiger charge is -2.35. The van der Waals surface area contributed by atoms with Crippen LogP contribution in [0.3, 0.4) is 0 Å². The zero-order valence-corrected chi connectivity index (χ0v) is 12.3. The second-order valence-corrected chi connectivity index (χ2v) is 6.00. The number of rotatable bonds is 2. The Morgan fingerprint density at radius 2 is 1.90 bits per heavy atom. The first-order valence-electron chi connectivity index (χ1n) is 7.08. The van der Waals surface area contributed by atoms with E-state index >= 15 is 0 Å². The van der Waals surface area contributed by atoms with Gasteiger partial charge in [-0.05, 0) is 38.0 Å². The number of benzene rings is 1. The summed E-state index contributed by atoms with van der Waals surface area (Å²) in [7, 11) is 0. The van der Waals surface area contributed by atoms with Crippen LogP contribution in [-0.2, 0) is 6.42 Å². The Balaban J connectivity index is 2.01. The maximum absolute atomic E-state index is 12.4. The van der Waals surface area contributed by atoms with Gasteiger partial charge < -0.3 is 5.32 Å². The third-order valence-electron chi connectivity index (χ3n) is 3.65. The summed E-state index contributed by atoms with van der Waals surface area (Å²) >= 11 is 0. The lowest BCUT2D eigenvalue weighted by molar-refractivity contribution is 0.104. The number of nitrogens with one attached hydrogen (secondary N) is 1. The molecule has 21 heavy (non-hydrogen) atoms. The monoisotopic (exact) mass is 278 g/mol. The van der Waals surface area contributed by atoms with Gasteiger partial charge in [-0.25, -0.2) is 0 Å². The van der Waals surface area contributed by atoms with Crippen molar-refractivity contribution in [3.63, 3.8) is 0 Å². The number of hydrogen-bond acceptors (Lipinski definition) is 3. The highest BCUT2D eigenvalue weighted by Crippen LogP contribution is 2.29. The van der Waals surface area contributed by atoms with Crippen molar-refractivity contribution < 1.29 is 4.79 Å². The molecule has 0 saturated heterocycles. The second kappa shape index (κ2) is 5.17. The summed E-state index contributed by atoms with van der Waals surface area (Å²) in [4.78, 5) is 16.3. The molecule has 0 fully saturated rings. The molecule has 0 saturated carbocycles. The van der Waals surface area contributed by atoms with Crippen molar-refractivity contribution in [2.24, 2.45) is 0 Å².